The van der Waals surface area contributed by atoms with Gasteiger partial charge < -0.3 is 10.4 Å². The minimum absolute atomic E-state index is 0.169. The van der Waals surface area contributed by atoms with Crippen LogP contribution in [0.2, 0.25) is 0 Å². The number of aromatic nitrogens is 4. The monoisotopic (exact) mass is 275 g/mol. The van der Waals surface area contributed by atoms with E-state index < -0.39 is 5.97 Å². The molecule has 0 saturated heterocycles. The molecule has 0 amide bonds. The maximum absolute atomic E-state index is 10.4. The molecule has 0 aliphatic carbocycles. The van der Waals surface area contributed by atoms with Gasteiger partial charge in [0, 0.05) is 6.42 Å². The van der Waals surface area contributed by atoms with E-state index >= 15 is 0 Å². The van der Waals surface area contributed by atoms with Crippen molar-refractivity contribution in [3.05, 3.63) is 41.7 Å². The lowest BCUT2D eigenvalue weighted by Gasteiger charge is -2.05. The molecular weight excluding hydrogens is 258 g/mol. The average molecular weight is 275 g/mol. The predicted octanol–water partition coefficient (Wildman–Crippen LogP) is 0.676. The van der Waals surface area contributed by atoms with Crippen LogP contribution in [0.5, 0.6) is 0 Å². The Kier molecular flexibility index (Phi) is 5.19. The molecule has 0 aliphatic heterocycles. The van der Waals surface area contributed by atoms with Crippen molar-refractivity contribution in [1.82, 2.24) is 25.5 Å². The zero-order valence-electron chi connectivity index (χ0n) is 11.1. The lowest BCUT2D eigenvalue weighted by molar-refractivity contribution is -0.137. The first-order valence-electron chi connectivity index (χ1n) is 6.47. The van der Waals surface area contributed by atoms with E-state index in [1.807, 2.05) is 30.3 Å². The molecule has 106 valence electrons. The van der Waals surface area contributed by atoms with E-state index in [1.54, 1.807) is 4.68 Å². The number of benzene rings is 1. The fourth-order valence-electron chi connectivity index (χ4n) is 1.79. The fourth-order valence-corrected chi connectivity index (χ4v) is 1.79. The Bertz CT molecular complexity index is 541. The van der Waals surface area contributed by atoms with Crippen molar-refractivity contribution in [2.75, 3.05) is 6.54 Å². The van der Waals surface area contributed by atoms with Crippen LogP contribution in [0.4, 0.5) is 0 Å². The van der Waals surface area contributed by atoms with Gasteiger partial charge in [0.05, 0.1) is 13.1 Å². The maximum Gasteiger partial charge on any atom is 0.303 e. The highest BCUT2D eigenvalue weighted by Crippen LogP contribution is 2.02. The van der Waals surface area contributed by atoms with Gasteiger partial charge in [-0.15, -0.1) is 5.10 Å². The van der Waals surface area contributed by atoms with Crippen molar-refractivity contribution in [1.29, 1.82) is 0 Å². The van der Waals surface area contributed by atoms with Gasteiger partial charge >= 0.3 is 5.97 Å². The first-order valence-corrected chi connectivity index (χ1v) is 6.47. The normalized spacial score (nSPS) is 10.6. The molecule has 0 spiro atoms. The number of rotatable bonds is 8. The van der Waals surface area contributed by atoms with Gasteiger partial charge in [-0.25, -0.2) is 4.68 Å². The van der Waals surface area contributed by atoms with Crippen LogP contribution >= 0.6 is 0 Å². The van der Waals surface area contributed by atoms with Crippen LogP contribution < -0.4 is 5.32 Å². The number of nitrogens with zero attached hydrogens (tertiary/aromatic N) is 4. The number of nitrogens with one attached hydrogen (secondary N) is 1. The molecule has 2 N–H and O–H groups in total. The fraction of sp³-hybridized carbons (Fsp3) is 0.385. The molecule has 0 bridgehead atoms. The van der Waals surface area contributed by atoms with E-state index in [0.717, 1.165) is 11.4 Å². The van der Waals surface area contributed by atoms with E-state index in [1.165, 1.54) is 0 Å². The molecule has 2 rings (SSSR count). The van der Waals surface area contributed by atoms with Crippen molar-refractivity contribution >= 4 is 5.97 Å². The molecule has 1 aromatic carbocycles. The van der Waals surface area contributed by atoms with Crippen LogP contribution in [0, 0.1) is 0 Å². The standard InChI is InChI=1S/C13H17N5O2/c19-13(20)7-4-8-14-9-12-15-16-17-18(12)10-11-5-2-1-3-6-11/h1-3,5-6,14H,4,7-10H2,(H,19,20). The van der Waals surface area contributed by atoms with Gasteiger partial charge in [-0.2, -0.15) is 0 Å². The summed E-state index contributed by atoms with van der Waals surface area (Å²) in [6.07, 6.45) is 0.761. The van der Waals surface area contributed by atoms with Gasteiger partial charge in [0.1, 0.15) is 0 Å². The minimum atomic E-state index is -0.777. The summed E-state index contributed by atoms with van der Waals surface area (Å²) in [6.45, 7) is 1.78. The number of carboxylic acid groups (broad SMARTS) is 1. The number of carbonyl (C=O) groups is 1. The van der Waals surface area contributed by atoms with Crippen LogP contribution in [0.25, 0.3) is 0 Å². The second kappa shape index (κ2) is 7.34. The van der Waals surface area contributed by atoms with Gasteiger partial charge in [0.15, 0.2) is 5.82 Å². The Morgan fingerprint density at radius 2 is 2.10 bits per heavy atom. The molecule has 0 radical (unpaired) electrons. The summed E-state index contributed by atoms with van der Waals surface area (Å²) in [5.41, 5.74) is 1.13. The van der Waals surface area contributed by atoms with Gasteiger partial charge in [0.2, 0.25) is 0 Å². The Morgan fingerprint density at radius 1 is 1.30 bits per heavy atom. The number of hydrogen-bond acceptors (Lipinski definition) is 5. The van der Waals surface area contributed by atoms with E-state index in [2.05, 4.69) is 20.8 Å². The molecular formula is C13H17N5O2. The summed E-state index contributed by atoms with van der Waals surface area (Å²) in [6, 6.07) is 9.96. The summed E-state index contributed by atoms with van der Waals surface area (Å²) in [4.78, 5) is 10.4. The summed E-state index contributed by atoms with van der Waals surface area (Å²) in [5.74, 6) is -0.0371. The average Bonchev–Trinajstić information content (AvgIpc) is 2.87. The topological polar surface area (TPSA) is 92.9 Å². The van der Waals surface area contributed by atoms with Crippen molar-refractivity contribution in [3.63, 3.8) is 0 Å². The number of hydrogen-bond donors (Lipinski definition) is 2. The quantitative estimate of drug-likeness (QED) is 0.688. The Balaban J connectivity index is 1.81. The van der Waals surface area contributed by atoms with E-state index in [9.17, 15) is 4.79 Å². The van der Waals surface area contributed by atoms with Crippen LogP contribution in [-0.4, -0.2) is 37.8 Å². The predicted molar refractivity (Wildman–Crippen MR) is 71.9 cm³/mol. The third kappa shape index (κ3) is 4.43. The second-order valence-electron chi connectivity index (χ2n) is 4.41. The Hall–Kier alpha value is -2.28. The summed E-state index contributed by atoms with van der Waals surface area (Å²) in [7, 11) is 0. The molecule has 7 heteroatoms. The molecule has 0 atom stereocenters. The second-order valence-corrected chi connectivity index (χ2v) is 4.41. The lowest BCUT2D eigenvalue weighted by Crippen LogP contribution is -2.19. The number of aliphatic carboxylic acids is 1. The molecule has 0 unspecified atom stereocenters. The maximum atomic E-state index is 10.4. The molecule has 20 heavy (non-hydrogen) atoms. The first-order chi connectivity index (χ1) is 9.75. The van der Waals surface area contributed by atoms with Crippen molar-refractivity contribution < 1.29 is 9.90 Å². The smallest absolute Gasteiger partial charge is 0.303 e. The molecule has 0 aliphatic rings. The minimum Gasteiger partial charge on any atom is -0.481 e. The molecule has 2 aromatic rings. The highest BCUT2D eigenvalue weighted by atomic mass is 16.4. The highest BCUT2D eigenvalue weighted by Gasteiger charge is 2.06. The molecule has 0 saturated carbocycles. The summed E-state index contributed by atoms with van der Waals surface area (Å²) < 4.78 is 1.74. The zero-order chi connectivity index (χ0) is 14.2. The third-order valence-corrected chi connectivity index (χ3v) is 2.81. The zero-order valence-corrected chi connectivity index (χ0v) is 11.1. The first kappa shape index (κ1) is 14.1. The lowest BCUT2D eigenvalue weighted by atomic mass is 10.2. The van der Waals surface area contributed by atoms with E-state index in [0.29, 0.717) is 26.1 Å². The van der Waals surface area contributed by atoms with E-state index in [4.69, 9.17) is 5.11 Å². The molecule has 7 nitrogen and oxygen atoms in total. The molecule has 1 heterocycles. The molecule has 1 aromatic heterocycles. The van der Waals surface area contributed by atoms with Crippen molar-refractivity contribution in [2.24, 2.45) is 0 Å². The highest BCUT2D eigenvalue weighted by molar-refractivity contribution is 5.66. The summed E-state index contributed by atoms with van der Waals surface area (Å²) in [5, 5.41) is 23.3. The number of tetrazole rings is 1. The molecule has 0 fully saturated rings. The number of carboxylic acids is 1. The Morgan fingerprint density at radius 3 is 2.85 bits per heavy atom. The van der Waals surface area contributed by atoms with E-state index in [-0.39, 0.29) is 6.42 Å². The van der Waals surface area contributed by atoms with Crippen LogP contribution in [0.1, 0.15) is 24.2 Å². The third-order valence-electron chi connectivity index (χ3n) is 2.81. The van der Waals surface area contributed by atoms with Crippen LogP contribution in [0.3, 0.4) is 0 Å². The van der Waals surface area contributed by atoms with Crippen LogP contribution in [-0.2, 0) is 17.9 Å². The SMILES string of the molecule is O=C(O)CCCNCc1nnnn1Cc1ccccc1. The van der Waals surface area contributed by atoms with Crippen molar-refractivity contribution in [3.8, 4) is 0 Å². The van der Waals surface area contributed by atoms with Gasteiger partial charge in [0.25, 0.3) is 0 Å². The van der Waals surface area contributed by atoms with Crippen LogP contribution in [0.15, 0.2) is 30.3 Å². The van der Waals surface area contributed by atoms with Crippen molar-refractivity contribution in [2.45, 2.75) is 25.9 Å². The van der Waals surface area contributed by atoms with Gasteiger partial charge in [-0.3, -0.25) is 4.79 Å². The largest absolute Gasteiger partial charge is 0.481 e. The van der Waals surface area contributed by atoms with Gasteiger partial charge in [-0.1, -0.05) is 30.3 Å². The summed E-state index contributed by atoms with van der Waals surface area (Å²) >= 11 is 0. The Labute approximate surface area is 116 Å². The van der Waals surface area contributed by atoms with Gasteiger partial charge in [-0.05, 0) is 29.0 Å².